The van der Waals surface area contributed by atoms with E-state index in [1.54, 1.807) is 60.7 Å². The Hall–Kier alpha value is -3.60. The van der Waals surface area contributed by atoms with E-state index in [4.69, 9.17) is 11.6 Å². The van der Waals surface area contributed by atoms with Gasteiger partial charge in [0.2, 0.25) is 5.13 Å². The molecule has 0 aliphatic rings. The molecule has 3 aromatic carbocycles. The van der Waals surface area contributed by atoms with E-state index in [1.807, 2.05) is 0 Å². The lowest BCUT2D eigenvalue weighted by molar-refractivity contribution is 0.102. The molecular weight excluding hydrogens is 484 g/mol. The Bertz CT molecular complexity index is 1430. The fourth-order valence-corrected chi connectivity index (χ4v) is 5.00. The third-order valence-electron chi connectivity index (χ3n) is 4.40. The average Bonchev–Trinajstić information content (AvgIpc) is 3.30. The van der Waals surface area contributed by atoms with Crippen LogP contribution in [-0.4, -0.2) is 30.3 Å². The molecule has 2 N–H and O–H groups in total. The van der Waals surface area contributed by atoms with Gasteiger partial charge in [0, 0.05) is 21.7 Å². The van der Waals surface area contributed by atoms with Crippen molar-refractivity contribution in [3.8, 4) is 0 Å². The first kappa shape index (κ1) is 22.6. The van der Waals surface area contributed by atoms with Gasteiger partial charge in [0.15, 0.2) is 5.78 Å². The maximum Gasteiger partial charge on any atom is 0.291 e. The molecule has 11 heteroatoms. The molecule has 0 unspecified atom stereocenters. The second-order valence-electron chi connectivity index (χ2n) is 6.68. The summed E-state index contributed by atoms with van der Waals surface area (Å²) in [7, 11) is -4.20. The van der Waals surface area contributed by atoms with E-state index in [-0.39, 0.29) is 25.7 Å². The van der Waals surface area contributed by atoms with Gasteiger partial charge in [-0.05, 0) is 30.3 Å². The molecule has 4 aromatic rings. The Morgan fingerprint density at radius 3 is 2.15 bits per heavy atom. The predicted octanol–water partition coefficient (Wildman–Crippen LogP) is 4.48. The lowest BCUT2D eigenvalue weighted by atomic mass is 10.0. The monoisotopic (exact) mass is 498 g/mol. The first-order chi connectivity index (χ1) is 15.8. The van der Waals surface area contributed by atoms with Crippen molar-refractivity contribution >= 4 is 55.5 Å². The number of benzene rings is 3. The number of nitrogens with zero attached hydrogens (tertiary/aromatic N) is 2. The van der Waals surface area contributed by atoms with Crippen LogP contribution in [0, 0.1) is 0 Å². The molecular formula is C22H15ClN4O4S2. The number of sulfonamides is 1. The minimum atomic E-state index is -4.20. The summed E-state index contributed by atoms with van der Waals surface area (Å²) in [6.45, 7) is 0. The van der Waals surface area contributed by atoms with Crippen LogP contribution in [0.5, 0.6) is 0 Å². The summed E-state index contributed by atoms with van der Waals surface area (Å²) in [4.78, 5) is 25.2. The van der Waals surface area contributed by atoms with Crippen LogP contribution in [0.25, 0.3) is 0 Å². The van der Waals surface area contributed by atoms with Crippen molar-refractivity contribution in [2.45, 2.75) is 4.34 Å². The van der Waals surface area contributed by atoms with Crippen LogP contribution in [0.1, 0.15) is 26.3 Å². The number of carbonyl (C=O) groups is 2. The number of aromatic nitrogens is 2. The third-order valence-corrected chi connectivity index (χ3v) is 7.21. The van der Waals surface area contributed by atoms with Gasteiger partial charge in [-0.1, -0.05) is 71.5 Å². The summed E-state index contributed by atoms with van der Waals surface area (Å²) in [5.74, 6) is -0.846. The van der Waals surface area contributed by atoms with E-state index < -0.39 is 21.7 Å². The highest BCUT2D eigenvalue weighted by Crippen LogP contribution is 2.28. The summed E-state index contributed by atoms with van der Waals surface area (Å²) < 4.78 is 27.8. The molecule has 0 spiro atoms. The van der Waals surface area contributed by atoms with Gasteiger partial charge in [-0.15, -0.1) is 10.2 Å². The van der Waals surface area contributed by atoms with E-state index in [0.29, 0.717) is 22.5 Å². The third kappa shape index (κ3) is 5.25. The molecule has 1 amide bonds. The van der Waals surface area contributed by atoms with Gasteiger partial charge in [0.1, 0.15) is 0 Å². The van der Waals surface area contributed by atoms with E-state index in [0.717, 1.165) is 0 Å². The molecule has 0 aliphatic carbocycles. The number of ketones is 1. The van der Waals surface area contributed by atoms with Crippen molar-refractivity contribution in [3.63, 3.8) is 0 Å². The number of hydrogen-bond donors (Lipinski definition) is 2. The number of hydrogen-bond acceptors (Lipinski definition) is 7. The van der Waals surface area contributed by atoms with Crippen LogP contribution < -0.4 is 10.0 Å². The maximum absolute atomic E-state index is 12.9. The van der Waals surface area contributed by atoms with Gasteiger partial charge >= 0.3 is 0 Å². The predicted molar refractivity (Wildman–Crippen MR) is 126 cm³/mol. The van der Waals surface area contributed by atoms with Gasteiger partial charge < -0.3 is 0 Å². The molecule has 1 aromatic heterocycles. The second kappa shape index (κ2) is 9.49. The second-order valence-corrected chi connectivity index (χ2v) is 9.95. The average molecular weight is 499 g/mol. The maximum atomic E-state index is 12.9. The highest BCUT2D eigenvalue weighted by molar-refractivity contribution is 7.94. The van der Waals surface area contributed by atoms with Crippen LogP contribution in [0.15, 0.2) is 83.2 Å². The molecule has 0 saturated carbocycles. The van der Waals surface area contributed by atoms with Crippen molar-refractivity contribution in [1.82, 2.24) is 10.2 Å². The summed E-state index contributed by atoms with van der Waals surface area (Å²) in [5, 5.41) is 10.2. The van der Waals surface area contributed by atoms with Gasteiger partial charge in [0.05, 0.1) is 5.69 Å². The van der Waals surface area contributed by atoms with Gasteiger partial charge in [0.25, 0.3) is 20.3 Å². The highest BCUT2D eigenvalue weighted by Gasteiger charge is 2.24. The fraction of sp³-hybridized carbons (Fsp3) is 0. The zero-order valence-corrected chi connectivity index (χ0v) is 19.1. The summed E-state index contributed by atoms with van der Waals surface area (Å²) >= 11 is 6.73. The van der Waals surface area contributed by atoms with Crippen molar-refractivity contribution in [1.29, 1.82) is 0 Å². The largest absolute Gasteiger partial charge is 0.296 e. The molecule has 1 heterocycles. The van der Waals surface area contributed by atoms with E-state index in [1.165, 1.54) is 18.2 Å². The van der Waals surface area contributed by atoms with Crippen LogP contribution in [0.2, 0.25) is 5.02 Å². The SMILES string of the molecule is O=C(Nc1nnc(S(=O)(=O)Nc2ccc(Cl)cc2C(=O)c2ccccc2)s1)c1ccccc1. The minimum absolute atomic E-state index is 0.0147. The Balaban J connectivity index is 1.58. The summed E-state index contributed by atoms with van der Waals surface area (Å²) in [6.07, 6.45) is 0. The molecule has 4 rings (SSSR count). The van der Waals surface area contributed by atoms with Crippen molar-refractivity contribution < 1.29 is 18.0 Å². The standard InChI is InChI=1S/C22H15ClN4O4S2/c23-16-11-12-18(17(13-16)19(28)14-7-3-1-4-8-14)27-33(30,31)22-26-25-21(32-22)24-20(29)15-9-5-2-6-10-15/h1-13,27H,(H,24,25,29). The highest BCUT2D eigenvalue weighted by atomic mass is 35.5. The van der Waals surface area contributed by atoms with Crippen molar-refractivity contribution in [2.24, 2.45) is 0 Å². The van der Waals surface area contributed by atoms with Crippen LogP contribution in [-0.2, 0) is 10.0 Å². The topological polar surface area (TPSA) is 118 Å². The van der Waals surface area contributed by atoms with E-state index in [2.05, 4.69) is 20.2 Å². The molecule has 0 radical (unpaired) electrons. The molecule has 0 saturated heterocycles. The molecule has 33 heavy (non-hydrogen) atoms. The Labute approximate surface area is 198 Å². The molecule has 0 aliphatic heterocycles. The first-order valence-corrected chi connectivity index (χ1v) is 12.1. The fourth-order valence-electron chi connectivity index (χ4n) is 2.85. The van der Waals surface area contributed by atoms with E-state index in [9.17, 15) is 18.0 Å². The van der Waals surface area contributed by atoms with Crippen molar-refractivity contribution in [3.05, 3.63) is 101 Å². The van der Waals surface area contributed by atoms with Gasteiger partial charge in [-0.2, -0.15) is 8.42 Å². The molecule has 0 atom stereocenters. The quantitative estimate of drug-likeness (QED) is 0.286. The number of amides is 1. The Kier molecular flexibility index (Phi) is 6.50. The first-order valence-electron chi connectivity index (χ1n) is 9.45. The number of carbonyl (C=O) groups excluding carboxylic acids is 2. The number of nitrogens with one attached hydrogen (secondary N) is 2. The lowest BCUT2D eigenvalue weighted by Gasteiger charge is -2.11. The minimum Gasteiger partial charge on any atom is -0.296 e. The molecule has 166 valence electrons. The Morgan fingerprint density at radius 1 is 0.848 bits per heavy atom. The molecule has 0 fully saturated rings. The molecule has 0 bridgehead atoms. The molecule has 8 nitrogen and oxygen atoms in total. The zero-order chi connectivity index (χ0) is 23.4. The normalized spacial score (nSPS) is 11.1. The Morgan fingerprint density at radius 2 is 1.48 bits per heavy atom. The number of halogens is 1. The van der Waals surface area contributed by atoms with Gasteiger partial charge in [-0.3, -0.25) is 19.6 Å². The van der Waals surface area contributed by atoms with Crippen molar-refractivity contribution in [2.75, 3.05) is 10.0 Å². The van der Waals surface area contributed by atoms with Crippen LogP contribution in [0.3, 0.4) is 0 Å². The summed E-state index contributed by atoms with van der Waals surface area (Å²) in [5.41, 5.74) is 0.889. The van der Waals surface area contributed by atoms with Gasteiger partial charge in [-0.25, -0.2) is 0 Å². The number of rotatable bonds is 7. The number of anilines is 2. The lowest BCUT2D eigenvalue weighted by Crippen LogP contribution is -2.16. The summed E-state index contributed by atoms with van der Waals surface area (Å²) in [6, 6.07) is 21.1. The van der Waals surface area contributed by atoms with Crippen LogP contribution in [0.4, 0.5) is 10.8 Å². The zero-order valence-electron chi connectivity index (χ0n) is 16.7. The smallest absolute Gasteiger partial charge is 0.291 e. The van der Waals surface area contributed by atoms with E-state index >= 15 is 0 Å². The van der Waals surface area contributed by atoms with Crippen LogP contribution >= 0.6 is 22.9 Å².